The van der Waals surface area contributed by atoms with E-state index in [4.69, 9.17) is 21.1 Å². The molecule has 1 N–H and O–H groups in total. The summed E-state index contributed by atoms with van der Waals surface area (Å²) in [5.41, 5.74) is 0.194. The maximum absolute atomic E-state index is 12.0. The van der Waals surface area contributed by atoms with Crippen molar-refractivity contribution in [2.24, 2.45) is 0 Å². The summed E-state index contributed by atoms with van der Waals surface area (Å²) in [6.45, 7) is 3.61. The van der Waals surface area contributed by atoms with Gasteiger partial charge in [0, 0.05) is 11.1 Å². The Morgan fingerprint density at radius 1 is 1.38 bits per heavy atom. The van der Waals surface area contributed by atoms with Gasteiger partial charge in [-0.15, -0.1) is 0 Å². The van der Waals surface area contributed by atoms with Gasteiger partial charge in [0.05, 0.1) is 7.11 Å². The maximum Gasteiger partial charge on any atom is 0.342 e. The standard InChI is InChI=1S/C15H20ClNO4/c1-4-5-10(2)17-14(18)9-21-15(19)12-8-11(16)6-7-13(12)20-3/h6-8,10H,4-5,9H2,1-3H3,(H,17,18). The van der Waals surface area contributed by atoms with Gasteiger partial charge in [0.15, 0.2) is 6.61 Å². The first-order chi connectivity index (χ1) is 9.97. The Morgan fingerprint density at radius 3 is 2.71 bits per heavy atom. The molecule has 116 valence electrons. The molecular weight excluding hydrogens is 294 g/mol. The first-order valence-corrected chi connectivity index (χ1v) is 7.15. The van der Waals surface area contributed by atoms with E-state index in [1.807, 2.05) is 13.8 Å². The summed E-state index contributed by atoms with van der Waals surface area (Å²) in [6.07, 6.45) is 1.85. The van der Waals surface area contributed by atoms with Gasteiger partial charge in [0.2, 0.25) is 0 Å². The Hall–Kier alpha value is -1.75. The Balaban J connectivity index is 2.58. The fourth-order valence-electron chi connectivity index (χ4n) is 1.87. The molecule has 1 amide bonds. The van der Waals surface area contributed by atoms with E-state index in [2.05, 4.69) is 5.32 Å². The second-order valence-corrected chi connectivity index (χ2v) is 5.11. The molecule has 6 heteroatoms. The molecule has 0 bridgehead atoms. The third-order valence-corrected chi connectivity index (χ3v) is 3.08. The molecule has 1 atom stereocenters. The molecule has 0 fully saturated rings. The zero-order valence-electron chi connectivity index (χ0n) is 12.4. The van der Waals surface area contributed by atoms with Gasteiger partial charge < -0.3 is 14.8 Å². The smallest absolute Gasteiger partial charge is 0.342 e. The zero-order chi connectivity index (χ0) is 15.8. The number of benzene rings is 1. The number of methoxy groups -OCH3 is 1. The molecule has 21 heavy (non-hydrogen) atoms. The summed E-state index contributed by atoms with van der Waals surface area (Å²) in [5, 5.41) is 3.15. The van der Waals surface area contributed by atoms with E-state index in [1.165, 1.54) is 13.2 Å². The van der Waals surface area contributed by atoms with Gasteiger partial charge in [-0.2, -0.15) is 0 Å². The highest BCUT2D eigenvalue weighted by Gasteiger charge is 2.16. The highest BCUT2D eigenvalue weighted by Crippen LogP contribution is 2.23. The van der Waals surface area contributed by atoms with Gasteiger partial charge in [-0.1, -0.05) is 24.9 Å². The Bertz CT molecular complexity index is 504. The van der Waals surface area contributed by atoms with Crippen molar-refractivity contribution in [3.8, 4) is 5.75 Å². The predicted octanol–water partition coefficient (Wildman–Crippen LogP) is 2.81. The summed E-state index contributed by atoms with van der Waals surface area (Å²) in [5.74, 6) is -0.623. The average Bonchev–Trinajstić information content (AvgIpc) is 2.44. The number of carbonyl (C=O) groups excluding carboxylic acids is 2. The van der Waals surface area contributed by atoms with Gasteiger partial charge in [0.25, 0.3) is 5.91 Å². The van der Waals surface area contributed by atoms with E-state index in [1.54, 1.807) is 12.1 Å². The fraction of sp³-hybridized carbons (Fsp3) is 0.467. The summed E-state index contributed by atoms with van der Waals surface area (Å²) >= 11 is 5.84. The number of nitrogens with one attached hydrogen (secondary N) is 1. The Labute approximate surface area is 129 Å². The van der Waals surface area contributed by atoms with Crippen molar-refractivity contribution in [3.05, 3.63) is 28.8 Å². The molecule has 0 aliphatic heterocycles. The molecule has 0 saturated carbocycles. The lowest BCUT2D eigenvalue weighted by Gasteiger charge is -2.13. The second kappa shape index (κ2) is 8.52. The van der Waals surface area contributed by atoms with Crippen LogP contribution >= 0.6 is 11.6 Å². The van der Waals surface area contributed by atoms with Gasteiger partial charge in [-0.3, -0.25) is 4.79 Å². The third-order valence-electron chi connectivity index (χ3n) is 2.84. The molecular formula is C15H20ClNO4. The number of esters is 1. The summed E-state index contributed by atoms with van der Waals surface area (Å²) in [7, 11) is 1.44. The van der Waals surface area contributed by atoms with Crippen molar-refractivity contribution in [1.29, 1.82) is 0 Å². The molecule has 0 aliphatic rings. The molecule has 0 radical (unpaired) electrons. The summed E-state index contributed by atoms with van der Waals surface area (Å²) in [6, 6.07) is 4.68. The highest BCUT2D eigenvalue weighted by molar-refractivity contribution is 6.31. The lowest BCUT2D eigenvalue weighted by molar-refractivity contribution is -0.124. The molecule has 5 nitrogen and oxygen atoms in total. The number of halogens is 1. The van der Waals surface area contributed by atoms with Crippen LogP contribution in [0.15, 0.2) is 18.2 Å². The number of hydrogen-bond donors (Lipinski definition) is 1. The van der Waals surface area contributed by atoms with Crippen molar-refractivity contribution >= 4 is 23.5 Å². The predicted molar refractivity (Wildman–Crippen MR) is 80.8 cm³/mol. The zero-order valence-corrected chi connectivity index (χ0v) is 13.2. The van der Waals surface area contributed by atoms with E-state index in [0.29, 0.717) is 10.8 Å². The van der Waals surface area contributed by atoms with Crippen LogP contribution in [0.3, 0.4) is 0 Å². The molecule has 1 aromatic carbocycles. The summed E-state index contributed by atoms with van der Waals surface area (Å²) in [4.78, 5) is 23.6. The van der Waals surface area contributed by atoms with Gasteiger partial charge >= 0.3 is 5.97 Å². The molecule has 0 aromatic heterocycles. The van der Waals surface area contributed by atoms with Crippen LogP contribution in [0.5, 0.6) is 5.75 Å². The largest absolute Gasteiger partial charge is 0.496 e. The van der Waals surface area contributed by atoms with Crippen LogP contribution in [0.4, 0.5) is 0 Å². The average molecular weight is 314 g/mol. The topological polar surface area (TPSA) is 64.6 Å². The fourth-order valence-corrected chi connectivity index (χ4v) is 2.04. The van der Waals surface area contributed by atoms with Crippen molar-refractivity contribution in [3.63, 3.8) is 0 Å². The van der Waals surface area contributed by atoms with Crippen molar-refractivity contribution in [1.82, 2.24) is 5.32 Å². The Morgan fingerprint density at radius 2 is 2.10 bits per heavy atom. The monoisotopic (exact) mass is 313 g/mol. The molecule has 0 heterocycles. The molecule has 0 saturated heterocycles. The molecule has 1 aromatic rings. The minimum absolute atomic E-state index is 0.0573. The van der Waals surface area contributed by atoms with E-state index in [0.717, 1.165) is 12.8 Å². The number of amides is 1. The van der Waals surface area contributed by atoms with E-state index in [-0.39, 0.29) is 24.1 Å². The van der Waals surface area contributed by atoms with Crippen molar-refractivity contribution in [2.75, 3.05) is 13.7 Å². The van der Waals surface area contributed by atoms with Gasteiger partial charge in [-0.25, -0.2) is 4.79 Å². The van der Waals surface area contributed by atoms with Crippen LogP contribution in [-0.4, -0.2) is 31.6 Å². The van der Waals surface area contributed by atoms with Gasteiger partial charge in [-0.05, 0) is 31.5 Å². The molecule has 0 aliphatic carbocycles. The number of hydrogen-bond acceptors (Lipinski definition) is 4. The van der Waals surface area contributed by atoms with Crippen LogP contribution in [-0.2, 0) is 9.53 Å². The quantitative estimate of drug-likeness (QED) is 0.786. The van der Waals surface area contributed by atoms with E-state index >= 15 is 0 Å². The second-order valence-electron chi connectivity index (χ2n) is 4.68. The van der Waals surface area contributed by atoms with Crippen molar-refractivity contribution < 1.29 is 19.1 Å². The van der Waals surface area contributed by atoms with Crippen LogP contribution < -0.4 is 10.1 Å². The van der Waals surface area contributed by atoms with Crippen LogP contribution in [0.2, 0.25) is 5.02 Å². The molecule has 1 unspecified atom stereocenters. The van der Waals surface area contributed by atoms with E-state index in [9.17, 15) is 9.59 Å². The molecule has 0 spiro atoms. The minimum atomic E-state index is -0.646. The van der Waals surface area contributed by atoms with Crippen LogP contribution in [0.1, 0.15) is 37.0 Å². The van der Waals surface area contributed by atoms with E-state index < -0.39 is 5.97 Å². The van der Waals surface area contributed by atoms with Gasteiger partial charge in [0.1, 0.15) is 11.3 Å². The summed E-state index contributed by atoms with van der Waals surface area (Å²) < 4.78 is 10.0. The van der Waals surface area contributed by atoms with Crippen LogP contribution in [0.25, 0.3) is 0 Å². The first-order valence-electron chi connectivity index (χ1n) is 6.78. The maximum atomic E-state index is 12.0. The van der Waals surface area contributed by atoms with Crippen molar-refractivity contribution in [2.45, 2.75) is 32.7 Å². The van der Waals surface area contributed by atoms with Crippen LogP contribution in [0, 0.1) is 0 Å². The number of rotatable bonds is 7. The molecule has 1 rings (SSSR count). The lowest BCUT2D eigenvalue weighted by atomic mass is 10.2. The number of carbonyl (C=O) groups is 2. The Kier molecular flexibility index (Phi) is 7.02. The number of ether oxygens (including phenoxy) is 2. The normalized spacial score (nSPS) is 11.6. The minimum Gasteiger partial charge on any atom is -0.496 e. The third kappa shape index (κ3) is 5.63. The first kappa shape index (κ1) is 17.3. The highest BCUT2D eigenvalue weighted by atomic mass is 35.5. The lowest BCUT2D eigenvalue weighted by Crippen LogP contribution is -2.35. The SMILES string of the molecule is CCCC(C)NC(=O)COC(=O)c1cc(Cl)ccc1OC.